The monoisotopic (exact) mass is 362 g/mol. The van der Waals surface area contributed by atoms with Crippen LogP contribution in [0.3, 0.4) is 0 Å². The Morgan fingerprint density at radius 1 is 1.35 bits per heavy atom. The Morgan fingerprint density at radius 2 is 2.13 bits per heavy atom. The maximum Gasteiger partial charge on any atom is 0.254 e. The van der Waals surface area contributed by atoms with Crippen molar-refractivity contribution in [3.05, 3.63) is 27.4 Å². The highest BCUT2D eigenvalue weighted by Crippen LogP contribution is 2.22. The van der Waals surface area contributed by atoms with Gasteiger partial charge < -0.3 is 10.3 Å². The van der Waals surface area contributed by atoms with Crippen molar-refractivity contribution in [2.24, 2.45) is 0 Å². The van der Waals surface area contributed by atoms with Crippen LogP contribution in [-0.4, -0.2) is 41.5 Å². The van der Waals surface area contributed by atoms with E-state index in [9.17, 15) is 13.2 Å². The van der Waals surface area contributed by atoms with E-state index in [1.165, 1.54) is 4.31 Å². The number of aromatic amines is 1. The summed E-state index contributed by atoms with van der Waals surface area (Å²) >= 11 is 0. The standard InChI is InChI=1S/C14H22N4O3S.ClH/c1-2-22(20,21)18-8-6-10-12(9-18)16-13(17-14(10)19)11-5-3-4-7-15-11;/h11,15H,2-9H2,1H3,(H,16,17,19);1H. The van der Waals surface area contributed by atoms with Crippen LogP contribution in [0.15, 0.2) is 4.79 Å². The van der Waals surface area contributed by atoms with E-state index in [-0.39, 0.29) is 36.3 Å². The Kier molecular flexibility index (Phi) is 5.83. The molecule has 3 heterocycles. The Hall–Kier alpha value is -0.960. The summed E-state index contributed by atoms with van der Waals surface area (Å²) in [4.78, 5) is 19.7. The summed E-state index contributed by atoms with van der Waals surface area (Å²) < 4.78 is 25.5. The first-order valence-corrected chi connectivity index (χ1v) is 9.45. The minimum absolute atomic E-state index is 0. The van der Waals surface area contributed by atoms with Gasteiger partial charge in [0.25, 0.3) is 5.56 Å². The van der Waals surface area contributed by atoms with E-state index in [0.29, 0.717) is 30.0 Å². The van der Waals surface area contributed by atoms with Gasteiger partial charge in [0.05, 0.1) is 24.0 Å². The number of halogens is 1. The molecule has 130 valence electrons. The van der Waals surface area contributed by atoms with Crippen LogP contribution >= 0.6 is 12.4 Å². The number of hydrogen-bond acceptors (Lipinski definition) is 5. The van der Waals surface area contributed by atoms with Gasteiger partial charge in [-0.25, -0.2) is 13.4 Å². The zero-order valence-electron chi connectivity index (χ0n) is 13.2. The molecular weight excluding hydrogens is 340 g/mol. The van der Waals surface area contributed by atoms with Crippen LogP contribution in [-0.2, 0) is 23.0 Å². The molecule has 7 nitrogen and oxygen atoms in total. The molecule has 0 spiro atoms. The molecule has 0 aliphatic carbocycles. The van der Waals surface area contributed by atoms with Crippen molar-refractivity contribution in [2.75, 3.05) is 18.8 Å². The number of fused-ring (bicyclic) bond motifs is 1. The molecule has 2 aliphatic heterocycles. The number of rotatable bonds is 3. The Bertz CT molecular complexity index is 713. The van der Waals surface area contributed by atoms with E-state index < -0.39 is 10.0 Å². The van der Waals surface area contributed by atoms with E-state index in [2.05, 4.69) is 15.3 Å². The zero-order chi connectivity index (χ0) is 15.7. The van der Waals surface area contributed by atoms with Crippen LogP contribution < -0.4 is 10.9 Å². The van der Waals surface area contributed by atoms with Crippen molar-refractivity contribution in [3.63, 3.8) is 0 Å². The topological polar surface area (TPSA) is 95.2 Å². The third kappa shape index (κ3) is 3.76. The molecule has 1 atom stereocenters. The molecule has 9 heteroatoms. The van der Waals surface area contributed by atoms with Gasteiger partial charge in [0.15, 0.2) is 0 Å². The molecule has 1 aromatic rings. The predicted molar refractivity (Wildman–Crippen MR) is 90.3 cm³/mol. The predicted octanol–water partition coefficient (Wildman–Crippen LogP) is 0.714. The number of aromatic nitrogens is 2. The molecule has 1 aromatic heterocycles. The molecule has 0 saturated carbocycles. The molecule has 23 heavy (non-hydrogen) atoms. The summed E-state index contributed by atoms with van der Waals surface area (Å²) in [5.41, 5.74) is 1.11. The second kappa shape index (κ2) is 7.29. The van der Waals surface area contributed by atoms with Gasteiger partial charge in [0, 0.05) is 12.1 Å². The largest absolute Gasteiger partial charge is 0.309 e. The Labute approximate surface area is 142 Å². The average Bonchev–Trinajstić information content (AvgIpc) is 2.55. The maximum atomic E-state index is 12.3. The van der Waals surface area contributed by atoms with Crippen LogP contribution in [0.5, 0.6) is 0 Å². The second-order valence-corrected chi connectivity index (χ2v) is 8.12. The Balaban J connectivity index is 0.00000192. The highest BCUT2D eigenvalue weighted by molar-refractivity contribution is 7.89. The number of hydrogen-bond donors (Lipinski definition) is 2. The van der Waals surface area contributed by atoms with E-state index in [0.717, 1.165) is 25.8 Å². The number of nitrogens with zero attached hydrogens (tertiary/aromatic N) is 2. The van der Waals surface area contributed by atoms with E-state index in [1.807, 2.05) is 0 Å². The van der Waals surface area contributed by atoms with Crippen molar-refractivity contribution in [3.8, 4) is 0 Å². The lowest BCUT2D eigenvalue weighted by atomic mass is 10.0. The van der Waals surface area contributed by atoms with E-state index >= 15 is 0 Å². The van der Waals surface area contributed by atoms with Crippen LogP contribution in [0.25, 0.3) is 0 Å². The highest BCUT2D eigenvalue weighted by Gasteiger charge is 2.29. The van der Waals surface area contributed by atoms with E-state index in [4.69, 9.17) is 0 Å². The van der Waals surface area contributed by atoms with Crippen LogP contribution in [0.2, 0.25) is 0 Å². The second-order valence-electron chi connectivity index (χ2n) is 5.86. The van der Waals surface area contributed by atoms with Gasteiger partial charge in [0.1, 0.15) is 5.82 Å². The summed E-state index contributed by atoms with van der Waals surface area (Å²) in [5.74, 6) is 0.710. The molecule has 2 N–H and O–H groups in total. The van der Waals surface area contributed by atoms with Gasteiger partial charge in [-0.1, -0.05) is 6.42 Å². The summed E-state index contributed by atoms with van der Waals surface area (Å²) in [6, 6.07) is 0.0601. The smallest absolute Gasteiger partial charge is 0.254 e. The van der Waals surface area contributed by atoms with Crippen LogP contribution in [0.4, 0.5) is 0 Å². The summed E-state index contributed by atoms with van der Waals surface area (Å²) in [5, 5.41) is 3.36. The lowest BCUT2D eigenvalue weighted by molar-refractivity contribution is 0.371. The molecule has 0 bridgehead atoms. The van der Waals surface area contributed by atoms with Gasteiger partial charge in [-0.3, -0.25) is 4.79 Å². The zero-order valence-corrected chi connectivity index (χ0v) is 14.8. The molecule has 1 fully saturated rings. The molecule has 2 aliphatic rings. The molecule has 3 rings (SSSR count). The minimum atomic E-state index is -3.25. The first-order chi connectivity index (χ1) is 10.5. The fourth-order valence-electron chi connectivity index (χ4n) is 3.11. The molecule has 1 saturated heterocycles. The molecule has 0 aromatic carbocycles. The van der Waals surface area contributed by atoms with Crippen molar-refractivity contribution >= 4 is 22.4 Å². The van der Waals surface area contributed by atoms with Crippen molar-refractivity contribution in [1.82, 2.24) is 19.6 Å². The summed E-state index contributed by atoms with van der Waals surface area (Å²) in [7, 11) is -3.25. The van der Waals surface area contributed by atoms with Gasteiger partial charge >= 0.3 is 0 Å². The quantitative estimate of drug-likeness (QED) is 0.825. The number of H-pyrrole nitrogens is 1. The average molecular weight is 363 g/mol. The lowest BCUT2D eigenvalue weighted by Crippen LogP contribution is -2.40. The first kappa shape index (κ1) is 18.4. The van der Waals surface area contributed by atoms with Crippen molar-refractivity contribution in [2.45, 2.75) is 45.2 Å². The minimum Gasteiger partial charge on any atom is -0.309 e. The highest BCUT2D eigenvalue weighted by atomic mass is 35.5. The number of sulfonamides is 1. The van der Waals surface area contributed by atoms with Crippen LogP contribution in [0.1, 0.15) is 49.3 Å². The summed E-state index contributed by atoms with van der Waals surface area (Å²) in [6.45, 7) is 3.11. The van der Waals surface area contributed by atoms with Crippen molar-refractivity contribution < 1.29 is 8.42 Å². The Morgan fingerprint density at radius 3 is 2.78 bits per heavy atom. The number of piperidine rings is 1. The van der Waals surface area contributed by atoms with Crippen molar-refractivity contribution in [1.29, 1.82) is 0 Å². The third-order valence-electron chi connectivity index (χ3n) is 4.46. The fourth-order valence-corrected chi connectivity index (χ4v) is 4.16. The van der Waals surface area contributed by atoms with Gasteiger partial charge in [0.2, 0.25) is 10.0 Å². The third-order valence-corrected chi connectivity index (χ3v) is 6.28. The summed E-state index contributed by atoms with van der Waals surface area (Å²) in [6.07, 6.45) is 3.61. The normalized spacial score (nSPS) is 22.2. The maximum absolute atomic E-state index is 12.3. The van der Waals surface area contributed by atoms with Gasteiger partial charge in [-0.15, -0.1) is 12.4 Å². The van der Waals surface area contributed by atoms with Crippen LogP contribution in [0, 0.1) is 0 Å². The van der Waals surface area contributed by atoms with Gasteiger partial charge in [-0.05, 0) is 32.7 Å². The molecular formula is C14H23ClN4O3S. The first-order valence-electron chi connectivity index (χ1n) is 7.84. The molecule has 0 amide bonds. The van der Waals surface area contributed by atoms with E-state index in [1.54, 1.807) is 6.92 Å². The molecule has 1 unspecified atom stereocenters. The SMILES string of the molecule is CCS(=O)(=O)N1CCc2c(nc(C3CCCCN3)[nH]c2=O)C1.Cl. The number of nitrogens with one attached hydrogen (secondary N) is 2. The van der Waals surface area contributed by atoms with Gasteiger partial charge in [-0.2, -0.15) is 4.31 Å². The lowest BCUT2D eigenvalue weighted by Gasteiger charge is -2.28. The molecule has 0 radical (unpaired) electrons. The fraction of sp³-hybridized carbons (Fsp3) is 0.714.